The molecule has 0 aliphatic carbocycles. The molecule has 3 rings (SSSR count). The van der Waals surface area contributed by atoms with Crippen LogP contribution in [0.25, 0.3) is 16.6 Å². The number of unbranched alkanes of at least 4 members (excludes halogenated alkanes) is 3. The van der Waals surface area contributed by atoms with E-state index in [1.165, 1.54) is 33.1 Å². The van der Waals surface area contributed by atoms with Crippen LogP contribution >= 0.6 is 0 Å². The van der Waals surface area contributed by atoms with Crippen molar-refractivity contribution in [3.05, 3.63) is 60.3 Å². The van der Waals surface area contributed by atoms with E-state index in [9.17, 15) is 4.79 Å². The number of Topliss-reactive ketones (excluding diaryl/α,β-unsaturated/α-hetero) is 1. The fourth-order valence-corrected chi connectivity index (χ4v) is 3.38. The van der Waals surface area contributed by atoms with Crippen molar-refractivity contribution >= 4 is 28.4 Å². The fourth-order valence-electron chi connectivity index (χ4n) is 3.38. The highest BCUT2D eigenvalue weighted by molar-refractivity contribution is 6.10. The van der Waals surface area contributed by atoms with Gasteiger partial charge in [0, 0.05) is 42.0 Å². The molecule has 0 unspecified atom stereocenters. The third kappa shape index (κ3) is 11.0. The Bertz CT molecular complexity index is 1050. The van der Waals surface area contributed by atoms with Gasteiger partial charge in [0.25, 0.3) is 5.97 Å². The van der Waals surface area contributed by atoms with Gasteiger partial charge in [-0.2, -0.15) is 0 Å². The first-order valence-electron chi connectivity index (χ1n) is 12.0. The Kier molecular flexibility index (Phi) is 13.7. The summed E-state index contributed by atoms with van der Waals surface area (Å²) in [5.41, 5.74) is 9.44. The number of nitrogens with two attached hydrogens (primary N) is 1. The van der Waals surface area contributed by atoms with E-state index < -0.39 is 5.97 Å². The number of fused-ring (bicyclic) bond motifs is 1. The van der Waals surface area contributed by atoms with E-state index in [4.69, 9.17) is 25.8 Å². The molecule has 1 aromatic heterocycles. The molecule has 2 aromatic carbocycles. The van der Waals surface area contributed by atoms with Crippen LogP contribution in [-0.2, 0) is 9.59 Å². The van der Waals surface area contributed by atoms with Crippen LogP contribution in [0, 0.1) is 5.41 Å². The summed E-state index contributed by atoms with van der Waals surface area (Å²) in [4.78, 5) is 18.4. The van der Waals surface area contributed by atoms with Crippen LogP contribution in [0.5, 0.6) is 5.75 Å². The monoisotopic (exact) mass is 481 g/mol. The molecular formula is C28H39N3O4. The Morgan fingerprint density at radius 2 is 1.66 bits per heavy atom. The number of aromatic nitrogens is 1. The molecule has 0 amide bonds. The van der Waals surface area contributed by atoms with Gasteiger partial charge in [-0.1, -0.05) is 44.4 Å². The van der Waals surface area contributed by atoms with Gasteiger partial charge in [-0.3, -0.25) is 4.79 Å². The average molecular weight is 482 g/mol. The van der Waals surface area contributed by atoms with Gasteiger partial charge >= 0.3 is 0 Å². The lowest BCUT2D eigenvalue weighted by Crippen LogP contribution is -2.10. The number of aliphatic carboxylic acids is 1. The van der Waals surface area contributed by atoms with Gasteiger partial charge in [0.05, 0.1) is 5.52 Å². The Labute approximate surface area is 208 Å². The fraction of sp³-hybridized carbons (Fsp3) is 0.393. The molecule has 0 saturated carbocycles. The first-order valence-corrected chi connectivity index (χ1v) is 12.0. The van der Waals surface area contributed by atoms with E-state index in [1.54, 1.807) is 0 Å². The molecule has 3 aromatic rings. The summed E-state index contributed by atoms with van der Waals surface area (Å²) in [6.45, 7) is 7.33. The van der Waals surface area contributed by atoms with Gasteiger partial charge in [0.2, 0.25) is 0 Å². The smallest absolute Gasteiger partial charge is 0.300 e. The van der Waals surface area contributed by atoms with Gasteiger partial charge in [0.1, 0.15) is 18.1 Å². The summed E-state index contributed by atoms with van der Waals surface area (Å²) in [6.07, 6.45) is 7.59. The maximum atomic E-state index is 9.44. The Morgan fingerprint density at radius 3 is 2.23 bits per heavy atom. The molecule has 0 bridgehead atoms. The molecule has 4 N–H and O–H groups in total. The zero-order valence-corrected chi connectivity index (χ0v) is 21.3. The van der Waals surface area contributed by atoms with E-state index >= 15 is 0 Å². The molecule has 0 spiro atoms. The maximum Gasteiger partial charge on any atom is 0.300 e. The van der Waals surface area contributed by atoms with Gasteiger partial charge in [-0.25, -0.2) is 0 Å². The lowest BCUT2D eigenvalue weighted by molar-refractivity contribution is -0.134. The number of para-hydroxylation sites is 1. The second-order valence-corrected chi connectivity index (χ2v) is 8.28. The topological polar surface area (TPSA) is 118 Å². The van der Waals surface area contributed by atoms with Crippen LogP contribution < -0.4 is 10.5 Å². The number of hydrogen-bond acceptors (Lipinski definition) is 5. The van der Waals surface area contributed by atoms with Crippen LogP contribution in [0.1, 0.15) is 65.4 Å². The number of carbonyl (C=O) groups excluding carboxylic acids is 1. The number of carboxylic acids is 1. The molecule has 0 fully saturated rings. The average Bonchev–Trinajstić information content (AvgIpc) is 3.19. The lowest BCUT2D eigenvalue weighted by Gasteiger charge is -2.07. The molecule has 0 radical (unpaired) electrons. The van der Waals surface area contributed by atoms with Crippen molar-refractivity contribution in [3.63, 3.8) is 0 Å². The quantitative estimate of drug-likeness (QED) is 0.243. The Morgan fingerprint density at radius 1 is 1.03 bits per heavy atom. The summed E-state index contributed by atoms with van der Waals surface area (Å²) in [6, 6.07) is 16.4. The third-order valence-corrected chi connectivity index (χ3v) is 4.80. The van der Waals surface area contributed by atoms with E-state index in [2.05, 4.69) is 35.9 Å². The number of carboxylic acid groups (broad SMARTS) is 1. The van der Waals surface area contributed by atoms with E-state index in [0.717, 1.165) is 47.7 Å². The highest BCUT2D eigenvalue weighted by Crippen LogP contribution is 2.30. The largest absolute Gasteiger partial charge is 0.492 e. The third-order valence-electron chi connectivity index (χ3n) is 4.80. The second-order valence-electron chi connectivity index (χ2n) is 8.28. The Hall–Kier alpha value is -3.45. The summed E-state index contributed by atoms with van der Waals surface area (Å²) in [5.74, 6) is 0.138. The van der Waals surface area contributed by atoms with E-state index in [1.807, 2.05) is 30.3 Å². The first-order chi connectivity index (χ1) is 16.7. The van der Waals surface area contributed by atoms with Crippen molar-refractivity contribution < 1.29 is 19.4 Å². The predicted molar refractivity (Wildman–Crippen MR) is 143 cm³/mol. The number of hydrogen-bond donors (Lipinski definition) is 3. The SMILES string of the molecule is CC(=O)O.CC(C)=O.CCCCCCC(=N)c1cn(-c2ccccc2)c2ccc(OCCN)cc12. The molecule has 7 nitrogen and oxygen atoms in total. The number of benzene rings is 2. The molecule has 190 valence electrons. The molecular weight excluding hydrogens is 442 g/mol. The zero-order chi connectivity index (χ0) is 26.2. The van der Waals surface area contributed by atoms with Crippen molar-refractivity contribution in [2.75, 3.05) is 13.2 Å². The number of nitrogens with one attached hydrogen (secondary N) is 1. The van der Waals surface area contributed by atoms with Gasteiger partial charge < -0.3 is 30.3 Å². The van der Waals surface area contributed by atoms with Gasteiger partial charge in [-0.15, -0.1) is 0 Å². The number of rotatable bonds is 10. The highest BCUT2D eigenvalue weighted by atomic mass is 16.5. The minimum atomic E-state index is -0.833. The minimum Gasteiger partial charge on any atom is -0.492 e. The summed E-state index contributed by atoms with van der Waals surface area (Å²) in [5, 5.41) is 17.1. The molecule has 1 heterocycles. The molecule has 35 heavy (non-hydrogen) atoms. The zero-order valence-electron chi connectivity index (χ0n) is 21.3. The summed E-state index contributed by atoms with van der Waals surface area (Å²) >= 11 is 0. The molecule has 7 heteroatoms. The lowest BCUT2D eigenvalue weighted by atomic mass is 10.0. The highest BCUT2D eigenvalue weighted by Gasteiger charge is 2.14. The first kappa shape index (κ1) is 29.6. The van der Waals surface area contributed by atoms with Gasteiger partial charge in [-0.05, 0) is 57.0 Å². The number of ketones is 1. The minimum absolute atomic E-state index is 0.167. The van der Waals surface area contributed by atoms with Crippen molar-refractivity contribution in [2.45, 2.75) is 59.8 Å². The summed E-state index contributed by atoms with van der Waals surface area (Å²) < 4.78 is 7.89. The molecule has 0 aliphatic rings. The van der Waals surface area contributed by atoms with Crippen LogP contribution in [0.15, 0.2) is 54.7 Å². The van der Waals surface area contributed by atoms with Crippen molar-refractivity contribution in [1.82, 2.24) is 4.57 Å². The van der Waals surface area contributed by atoms with Crippen molar-refractivity contribution in [2.24, 2.45) is 5.73 Å². The summed E-state index contributed by atoms with van der Waals surface area (Å²) in [7, 11) is 0. The molecule has 0 aliphatic heterocycles. The maximum absolute atomic E-state index is 9.44. The second kappa shape index (κ2) is 16.2. The van der Waals surface area contributed by atoms with Crippen LogP contribution in [0.3, 0.4) is 0 Å². The molecule has 0 atom stereocenters. The van der Waals surface area contributed by atoms with Crippen LogP contribution in [0.2, 0.25) is 0 Å². The number of nitrogens with zero attached hydrogens (tertiary/aromatic N) is 1. The molecule has 0 saturated heterocycles. The van der Waals surface area contributed by atoms with Crippen molar-refractivity contribution in [3.8, 4) is 11.4 Å². The standard InChI is InChI=1S/C23H29N3O.C3H6O.C2H4O2/c1-2-3-4-8-11-22(25)21-17-26(18-9-6-5-7-10-18)23-13-12-19(16-20(21)23)27-15-14-24;1-3(2)4;1-2(3)4/h5-7,9-10,12-13,16-17,25H,2-4,8,11,14-15,24H2,1H3;1-2H3;1H3,(H,3,4). The van der Waals surface area contributed by atoms with Gasteiger partial charge in [0.15, 0.2) is 0 Å². The van der Waals surface area contributed by atoms with E-state index in [0.29, 0.717) is 18.9 Å². The van der Waals surface area contributed by atoms with Crippen LogP contribution in [-0.4, -0.2) is 40.3 Å². The number of ether oxygens (including phenoxy) is 1. The number of carbonyl (C=O) groups is 2. The predicted octanol–water partition coefficient (Wildman–Crippen LogP) is 5.99. The normalized spacial score (nSPS) is 9.97. The Balaban J connectivity index is 0.000000668. The van der Waals surface area contributed by atoms with Crippen molar-refractivity contribution in [1.29, 1.82) is 5.41 Å². The van der Waals surface area contributed by atoms with E-state index in [-0.39, 0.29) is 5.78 Å². The van der Waals surface area contributed by atoms with Crippen LogP contribution in [0.4, 0.5) is 0 Å².